The van der Waals surface area contributed by atoms with Crippen LogP contribution in [0.4, 0.5) is 5.69 Å². The number of rotatable bonds is 3. The lowest BCUT2D eigenvalue weighted by Crippen LogP contribution is -2.44. The predicted molar refractivity (Wildman–Crippen MR) is 129 cm³/mol. The minimum Gasteiger partial charge on any atom is -0.369 e. The molecule has 1 fully saturated rings. The van der Waals surface area contributed by atoms with Crippen molar-refractivity contribution in [2.24, 2.45) is 0 Å². The normalized spacial score (nSPS) is 14.2. The van der Waals surface area contributed by atoms with Gasteiger partial charge in [-0.25, -0.2) is 9.20 Å². The first-order valence-corrected chi connectivity index (χ1v) is 11.1. The summed E-state index contributed by atoms with van der Waals surface area (Å²) in [5.41, 5.74) is 2.45. The number of carbonyl (C=O) groups is 1. The molecule has 0 amide bonds. The van der Waals surface area contributed by atoms with Crippen LogP contribution in [0.1, 0.15) is 16.1 Å². The average Bonchev–Trinajstić information content (AvgIpc) is 3.43. The third-order valence-corrected chi connectivity index (χ3v) is 6.27. The van der Waals surface area contributed by atoms with E-state index in [-0.39, 0.29) is 11.5 Å². The standard InChI is InChI=1S/C11H14Cl2N2.C11H9N5O2/c1-14-4-6-15(7-5-14)9-2-3-10(12)11(13)8-9;1-7-8(6-17)5-12-16(7)11-13-10(18)9-3-2-4-15(9)14-11/h2-3,8H,4-7H2,1H3;2-6H,1H3,(H,13,14,18). The van der Waals surface area contributed by atoms with Gasteiger partial charge in [0.25, 0.3) is 5.56 Å². The summed E-state index contributed by atoms with van der Waals surface area (Å²) in [5.74, 6) is 0.273. The fraction of sp³-hybridized carbons (Fsp3) is 0.273. The summed E-state index contributed by atoms with van der Waals surface area (Å²) in [6.45, 7) is 6.03. The van der Waals surface area contributed by atoms with Gasteiger partial charge in [0.2, 0.25) is 5.95 Å². The van der Waals surface area contributed by atoms with E-state index in [2.05, 4.69) is 32.0 Å². The van der Waals surface area contributed by atoms with Crippen molar-refractivity contribution < 1.29 is 4.79 Å². The number of benzene rings is 1. The van der Waals surface area contributed by atoms with Crippen molar-refractivity contribution in [1.82, 2.24) is 29.3 Å². The molecule has 0 aliphatic carbocycles. The topological polar surface area (TPSA) is 91.5 Å². The second-order valence-electron chi connectivity index (χ2n) is 7.72. The van der Waals surface area contributed by atoms with Gasteiger partial charge < -0.3 is 9.80 Å². The lowest BCUT2D eigenvalue weighted by atomic mass is 10.2. The van der Waals surface area contributed by atoms with E-state index >= 15 is 0 Å². The van der Waals surface area contributed by atoms with Crippen LogP contribution in [-0.4, -0.2) is 68.8 Å². The van der Waals surface area contributed by atoms with Gasteiger partial charge in [0, 0.05) is 38.1 Å². The monoisotopic (exact) mass is 487 g/mol. The van der Waals surface area contributed by atoms with Crippen molar-refractivity contribution in [3.8, 4) is 5.95 Å². The molecule has 1 saturated heterocycles. The Kier molecular flexibility index (Phi) is 6.83. The Morgan fingerprint density at radius 2 is 1.85 bits per heavy atom. The van der Waals surface area contributed by atoms with Gasteiger partial charge in [0.05, 0.1) is 27.5 Å². The Labute approximate surface area is 200 Å². The van der Waals surface area contributed by atoms with Crippen molar-refractivity contribution >= 4 is 40.7 Å². The number of halogens is 2. The maximum atomic E-state index is 11.8. The van der Waals surface area contributed by atoms with E-state index in [1.54, 1.807) is 25.3 Å². The molecule has 1 aromatic carbocycles. The fourth-order valence-corrected chi connectivity index (χ4v) is 3.82. The summed E-state index contributed by atoms with van der Waals surface area (Å²) < 4.78 is 2.89. The number of aldehydes is 1. The third kappa shape index (κ3) is 4.95. The second kappa shape index (κ2) is 9.78. The highest BCUT2D eigenvalue weighted by molar-refractivity contribution is 6.42. The van der Waals surface area contributed by atoms with Gasteiger partial charge in [-0.05, 0) is 44.3 Å². The molecule has 172 valence electrons. The van der Waals surface area contributed by atoms with Gasteiger partial charge in [0.1, 0.15) is 5.52 Å². The zero-order chi connectivity index (χ0) is 23.5. The number of piperazine rings is 1. The van der Waals surface area contributed by atoms with Gasteiger partial charge in [-0.1, -0.05) is 23.2 Å². The number of anilines is 1. The van der Waals surface area contributed by atoms with Crippen molar-refractivity contribution in [3.05, 3.63) is 74.4 Å². The second-order valence-corrected chi connectivity index (χ2v) is 8.53. The maximum absolute atomic E-state index is 11.8. The van der Waals surface area contributed by atoms with Gasteiger partial charge in [-0.2, -0.15) is 5.10 Å². The molecular weight excluding hydrogens is 465 g/mol. The highest BCUT2D eigenvalue weighted by Crippen LogP contribution is 2.27. The van der Waals surface area contributed by atoms with Crippen LogP contribution in [0.5, 0.6) is 0 Å². The molecule has 1 aliphatic rings. The number of hydrogen-bond acceptors (Lipinski definition) is 6. The molecule has 4 heterocycles. The molecule has 0 saturated carbocycles. The Hall–Kier alpha value is -3.14. The van der Waals surface area contributed by atoms with Crippen LogP contribution in [0.3, 0.4) is 0 Å². The van der Waals surface area contributed by atoms with Crippen LogP contribution in [0.15, 0.2) is 47.5 Å². The number of nitrogens with one attached hydrogen (secondary N) is 1. The van der Waals surface area contributed by atoms with E-state index in [1.165, 1.54) is 15.4 Å². The molecule has 0 spiro atoms. The minimum atomic E-state index is -0.257. The summed E-state index contributed by atoms with van der Waals surface area (Å²) in [4.78, 5) is 29.8. The van der Waals surface area contributed by atoms with Crippen molar-refractivity contribution in [3.63, 3.8) is 0 Å². The summed E-state index contributed by atoms with van der Waals surface area (Å²) in [5, 5.41) is 9.50. The first-order valence-electron chi connectivity index (χ1n) is 10.3. The minimum absolute atomic E-state index is 0.257. The Balaban J connectivity index is 0.000000160. The van der Waals surface area contributed by atoms with Crippen LogP contribution < -0.4 is 10.5 Å². The number of carbonyl (C=O) groups excluding carboxylic acids is 1. The quantitative estimate of drug-likeness (QED) is 0.446. The molecule has 0 unspecified atom stereocenters. The summed E-state index contributed by atoms with van der Waals surface area (Å²) in [6.07, 6.45) is 3.82. The van der Waals surface area contributed by atoms with Crippen molar-refractivity contribution in [2.75, 3.05) is 38.1 Å². The molecule has 3 aromatic heterocycles. The number of H-pyrrole nitrogens is 1. The van der Waals surface area contributed by atoms with E-state index in [9.17, 15) is 9.59 Å². The zero-order valence-electron chi connectivity index (χ0n) is 18.2. The fourth-order valence-electron chi connectivity index (χ4n) is 3.53. The largest absolute Gasteiger partial charge is 0.369 e. The van der Waals surface area contributed by atoms with Gasteiger partial charge in [-0.3, -0.25) is 14.6 Å². The third-order valence-electron chi connectivity index (χ3n) is 5.54. The van der Waals surface area contributed by atoms with Crippen molar-refractivity contribution in [2.45, 2.75) is 6.92 Å². The van der Waals surface area contributed by atoms with E-state index < -0.39 is 0 Å². The Morgan fingerprint density at radius 3 is 2.52 bits per heavy atom. The molecule has 5 rings (SSSR count). The highest BCUT2D eigenvalue weighted by atomic mass is 35.5. The number of likely N-dealkylation sites (N-methyl/N-ethyl adjacent to an activating group) is 1. The lowest BCUT2D eigenvalue weighted by molar-refractivity contribution is 0.112. The maximum Gasteiger partial charge on any atom is 0.276 e. The van der Waals surface area contributed by atoms with E-state index in [1.807, 2.05) is 18.2 Å². The Bertz CT molecular complexity index is 1340. The Morgan fingerprint density at radius 1 is 1.09 bits per heavy atom. The summed E-state index contributed by atoms with van der Waals surface area (Å²) >= 11 is 11.9. The highest BCUT2D eigenvalue weighted by Gasteiger charge is 2.15. The zero-order valence-corrected chi connectivity index (χ0v) is 19.7. The molecule has 0 bridgehead atoms. The molecular formula is C22H23Cl2N7O2. The van der Waals surface area contributed by atoms with E-state index in [0.717, 1.165) is 31.9 Å². The van der Waals surface area contributed by atoms with Gasteiger partial charge >= 0.3 is 0 Å². The molecule has 1 N–H and O–H groups in total. The average molecular weight is 488 g/mol. The number of aromatic nitrogens is 5. The number of nitrogens with zero attached hydrogens (tertiary/aromatic N) is 6. The number of aromatic amines is 1. The van der Waals surface area contributed by atoms with Gasteiger partial charge in [-0.15, -0.1) is 5.10 Å². The molecule has 0 radical (unpaired) electrons. The van der Waals surface area contributed by atoms with Crippen LogP contribution >= 0.6 is 23.2 Å². The SMILES string of the molecule is CN1CCN(c2ccc(Cl)c(Cl)c2)CC1.Cc1c(C=O)cnn1-c1nn2cccc2c(=O)[nH]1. The summed E-state index contributed by atoms with van der Waals surface area (Å²) in [7, 11) is 2.15. The summed E-state index contributed by atoms with van der Waals surface area (Å²) in [6, 6.07) is 9.23. The number of hydrogen-bond donors (Lipinski definition) is 1. The van der Waals surface area contributed by atoms with Crippen LogP contribution in [0, 0.1) is 6.92 Å². The lowest BCUT2D eigenvalue weighted by Gasteiger charge is -2.34. The smallest absolute Gasteiger partial charge is 0.276 e. The molecule has 1 aliphatic heterocycles. The predicted octanol–water partition coefficient (Wildman–Crippen LogP) is 3.07. The van der Waals surface area contributed by atoms with Crippen LogP contribution in [-0.2, 0) is 0 Å². The van der Waals surface area contributed by atoms with Crippen LogP contribution in [0.2, 0.25) is 10.0 Å². The van der Waals surface area contributed by atoms with E-state index in [0.29, 0.717) is 33.1 Å². The molecule has 9 nitrogen and oxygen atoms in total. The first-order chi connectivity index (χ1) is 15.9. The first kappa shape index (κ1) is 23.0. The van der Waals surface area contributed by atoms with Gasteiger partial charge in [0.15, 0.2) is 6.29 Å². The van der Waals surface area contributed by atoms with E-state index in [4.69, 9.17) is 23.2 Å². The molecule has 4 aromatic rings. The molecule has 33 heavy (non-hydrogen) atoms. The number of fused-ring (bicyclic) bond motifs is 1. The molecule has 11 heteroatoms. The molecule has 0 atom stereocenters. The van der Waals surface area contributed by atoms with Crippen LogP contribution in [0.25, 0.3) is 11.5 Å². The van der Waals surface area contributed by atoms with Crippen molar-refractivity contribution in [1.29, 1.82) is 0 Å².